The third kappa shape index (κ3) is 5.01. The number of nitrogens with one attached hydrogen (secondary N) is 1. The molecule has 1 amide bonds. The number of carbonyl (C=O) groups excluding carboxylic acids is 1. The van der Waals surface area contributed by atoms with Crippen molar-refractivity contribution >= 4 is 5.91 Å². The summed E-state index contributed by atoms with van der Waals surface area (Å²) in [5.41, 5.74) is 1.92. The van der Waals surface area contributed by atoms with Crippen LogP contribution in [0.1, 0.15) is 27.7 Å². The first-order valence-electron chi connectivity index (χ1n) is 4.35. The topological polar surface area (TPSA) is 29.1 Å². The first kappa shape index (κ1) is 11.7. The molecule has 0 aromatic rings. The molecule has 0 rings (SSSR count). The summed E-state index contributed by atoms with van der Waals surface area (Å²) in [6.07, 6.45) is 7.74. The van der Waals surface area contributed by atoms with Crippen molar-refractivity contribution in [1.82, 2.24) is 5.32 Å². The van der Waals surface area contributed by atoms with E-state index in [0.717, 1.165) is 11.3 Å². The lowest BCUT2D eigenvalue weighted by Crippen LogP contribution is -2.19. The fraction of sp³-hybridized carbons (Fsp3) is 0.364. The molecule has 2 nitrogen and oxygen atoms in total. The van der Waals surface area contributed by atoms with Gasteiger partial charge in [0.25, 0.3) is 0 Å². The lowest BCUT2D eigenvalue weighted by molar-refractivity contribution is -0.118. The Morgan fingerprint density at radius 3 is 2.23 bits per heavy atom. The average molecular weight is 179 g/mol. The molecule has 0 aromatic heterocycles. The number of amides is 1. The van der Waals surface area contributed by atoms with Crippen molar-refractivity contribution in [2.75, 3.05) is 0 Å². The summed E-state index contributed by atoms with van der Waals surface area (Å²) in [5, 5.41) is 2.76. The second-order valence-corrected chi connectivity index (χ2v) is 2.76. The van der Waals surface area contributed by atoms with Crippen LogP contribution in [0.3, 0.4) is 0 Å². The summed E-state index contributed by atoms with van der Waals surface area (Å²) in [6.45, 7) is 7.33. The molecule has 0 saturated heterocycles. The number of allylic oxidation sites excluding steroid dienone is 5. The third-order valence-electron chi connectivity index (χ3n) is 1.56. The Balaban J connectivity index is 4.51. The highest BCUT2D eigenvalue weighted by Gasteiger charge is 1.98. The average Bonchev–Trinajstić information content (AvgIpc) is 2.09. The molecular formula is C11H17NO. The summed E-state index contributed by atoms with van der Waals surface area (Å²) in [5.74, 6) is -0.0404. The van der Waals surface area contributed by atoms with E-state index in [1.54, 1.807) is 0 Å². The van der Waals surface area contributed by atoms with Crippen molar-refractivity contribution in [3.8, 4) is 0 Å². The van der Waals surface area contributed by atoms with Crippen molar-refractivity contribution in [3.63, 3.8) is 0 Å². The van der Waals surface area contributed by atoms with Gasteiger partial charge in [-0.05, 0) is 26.3 Å². The third-order valence-corrected chi connectivity index (χ3v) is 1.56. The Morgan fingerprint density at radius 1 is 1.23 bits per heavy atom. The summed E-state index contributed by atoms with van der Waals surface area (Å²) in [7, 11) is 0. The molecule has 0 bridgehead atoms. The van der Waals surface area contributed by atoms with E-state index >= 15 is 0 Å². The molecule has 0 aliphatic rings. The van der Waals surface area contributed by atoms with E-state index in [9.17, 15) is 4.79 Å². The van der Waals surface area contributed by atoms with Gasteiger partial charge >= 0.3 is 0 Å². The van der Waals surface area contributed by atoms with Crippen LogP contribution in [-0.4, -0.2) is 5.91 Å². The Kier molecular flexibility index (Phi) is 5.60. The first-order chi connectivity index (χ1) is 6.11. The summed E-state index contributed by atoms with van der Waals surface area (Å²) in [4.78, 5) is 10.8. The monoisotopic (exact) mass is 179 g/mol. The SMILES string of the molecule is C\C=C/C=C(C)\C(=C/C)NC(C)=O. The van der Waals surface area contributed by atoms with Crippen LogP contribution < -0.4 is 5.32 Å². The standard InChI is InChI=1S/C11H17NO/c1-5-7-8-9(3)11(6-2)12-10(4)13/h5-8H,1-4H3,(H,12,13)/b7-5-,9-8-,11-6+. The molecule has 2 heteroatoms. The normalized spacial score (nSPS) is 13.5. The highest BCUT2D eigenvalue weighted by molar-refractivity contribution is 5.75. The second-order valence-electron chi connectivity index (χ2n) is 2.76. The lowest BCUT2D eigenvalue weighted by atomic mass is 10.2. The molecule has 0 aliphatic carbocycles. The summed E-state index contributed by atoms with van der Waals surface area (Å²) >= 11 is 0. The van der Waals surface area contributed by atoms with Crippen LogP contribution in [0.5, 0.6) is 0 Å². The zero-order valence-corrected chi connectivity index (χ0v) is 8.72. The molecular weight excluding hydrogens is 162 g/mol. The quantitative estimate of drug-likeness (QED) is 0.663. The van der Waals surface area contributed by atoms with Crippen molar-refractivity contribution in [1.29, 1.82) is 0 Å². The Hall–Kier alpha value is -1.31. The number of carbonyl (C=O) groups is 1. The Bertz CT molecular complexity index is 259. The van der Waals surface area contributed by atoms with Crippen LogP contribution in [0, 0.1) is 0 Å². The zero-order valence-electron chi connectivity index (χ0n) is 8.72. The van der Waals surface area contributed by atoms with E-state index in [4.69, 9.17) is 0 Å². The van der Waals surface area contributed by atoms with Crippen molar-refractivity contribution < 1.29 is 4.79 Å². The van der Waals surface area contributed by atoms with Gasteiger partial charge in [-0.2, -0.15) is 0 Å². The molecule has 13 heavy (non-hydrogen) atoms. The number of hydrogen-bond donors (Lipinski definition) is 1. The van der Waals surface area contributed by atoms with E-state index < -0.39 is 0 Å². The zero-order chi connectivity index (χ0) is 10.3. The predicted molar refractivity (Wildman–Crippen MR) is 56.1 cm³/mol. The van der Waals surface area contributed by atoms with Crippen molar-refractivity contribution in [2.24, 2.45) is 0 Å². The van der Waals surface area contributed by atoms with Gasteiger partial charge < -0.3 is 5.32 Å². The smallest absolute Gasteiger partial charge is 0.221 e. The van der Waals surface area contributed by atoms with Crippen LogP contribution in [0.2, 0.25) is 0 Å². The molecule has 72 valence electrons. The second kappa shape index (κ2) is 6.23. The molecule has 1 N–H and O–H groups in total. The number of rotatable bonds is 3. The molecule has 0 radical (unpaired) electrons. The van der Waals surface area contributed by atoms with Gasteiger partial charge in [-0.15, -0.1) is 0 Å². The molecule has 0 heterocycles. The van der Waals surface area contributed by atoms with Gasteiger partial charge in [0.2, 0.25) is 5.91 Å². The first-order valence-corrected chi connectivity index (χ1v) is 4.35. The van der Waals surface area contributed by atoms with E-state index in [2.05, 4.69) is 5.32 Å². The van der Waals surface area contributed by atoms with Gasteiger partial charge in [-0.25, -0.2) is 0 Å². The molecule has 0 unspecified atom stereocenters. The van der Waals surface area contributed by atoms with Gasteiger partial charge in [0.1, 0.15) is 0 Å². The minimum atomic E-state index is -0.0404. The molecule has 0 aliphatic heterocycles. The fourth-order valence-electron chi connectivity index (χ4n) is 0.918. The molecule has 0 saturated carbocycles. The summed E-state index contributed by atoms with van der Waals surface area (Å²) < 4.78 is 0. The molecule has 0 aromatic carbocycles. The summed E-state index contributed by atoms with van der Waals surface area (Å²) in [6, 6.07) is 0. The van der Waals surface area contributed by atoms with Crippen LogP contribution in [0.15, 0.2) is 35.6 Å². The molecule has 0 spiro atoms. The Morgan fingerprint density at radius 2 is 1.85 bits per heavy atom. The van der Waals surface area contributed by atoms with Crippen LogP contribution >= 0.6 is 0 Å². The van der Waals surface area contributed by atoms with Crippen LogP contribution in [0.4, 0.5) is 0 Å². The van der Waals surface area contributed by atoms with Gasteiger partial charge in [-0.3, -0.25) is 4.79 Å². The highest BCUT2D eigenvalue weighted by atomic mass is 16.1. The predicted octanol–water partition coefficient (Wildman–Crippen LogP) is 2.55. The van der Waals surface area contributed by atoms with E-state index in [-0.39, 0.29) is 5.91 Å². The van der Waals surface area contributed by atoms with Gasteiger partial charge in [0, 0.05) is 12.6 Å². The minimum absolute atomic E-state index is 0.0404. The fourth-order valence-corrected chi connectivity index (χ4v) is 0.918. The van der Waals surface area contributed by atoms with Crippen molar-refractivity contribution in [3.05, 3.63) is 35.6 Å². The molecule has 0 fully saturated rings. The van der Waals surface area contributed by atoms with Gasteiger partial charge in [-0.1, -0.05) is 24.3 Å². The highest BCUT2D eigenvalue weighted by Crippen LogP contribution is 2.05. The largest absolute Gasteiger partial charge is 0.326 e. The number of hydrogen-bond acceptors (Lipinski definition) is 1. The molecule has 0 atom stereocenters. The Labute approximate surface area is 80.0 Å². The van der Waals surface area contributed by atoms with E-state index in [0.29, 0.717) is 0 Å². The maximum absolute atomic E-state index is 10.8. The van der Waals surface area contributed by atoms with Gasteiger partial charge in [0.05, 0.1) is 0 Å². The van der Waals surface area contributed by atoms with E-state index in [1.165, 1.54) is 6.92 Å². The van der Waals surface area contributed by atoms with E-state index in [1.807, 2.05) is 45.1 Å². The van der Waals surface area contributed by atoms with Crippen LogP contribution in [-0.2, 0) is 4.79 Å². The van der Waals surface area contributed by atoms with Crippen LogP contribution in [0.25, 0.3) is 0 Å². The van der Waals surface area contributed by atoms with Crippen molar-refractivity contribution in [2.45, 2.75) is 27.7 Å². The maximum Gasteiger partial charge on any atom is 0.221 e. The van der Waals surface area contributed by atoms with Gasteiger partial charge in [0.15, 0.2) is 0 Å². The minimum Gasteiger partial charge on any atom is -0.326 e. The lowest BCUT2D eigenvalue weighted by Gasteiger charge is -2.06. The maximum atomic E-state index is 10.8.